The standard InChI is InChI=1S/C18H18FNO3S/c1-20(18(21)12-24-17-5-3-2-4-14(17)19)11-13-6-7-15-16(10-13)23-9-8-22-15/h2-7,10H,8-9,11-12H2,1H3. The summed E-state index contributed by atoms with van der Waals surface area (Å²) in [5.74, 6) is 1.28. The lowest BCUT2D eigenvalue weighted by Crippen LogP contribution is -2.28. The van der Waals surface area contributed by atoms with Gasteiger partial charge >= 0.3 is 0 Å². The van der Waals surface area contributed by atoms with Crippen LogP contribution in [0.15, 0.2) is 47.4 Å². The summed E-state index contributed by atoms with van der Waals surface area (Å²) in [6.45, 7) is 1.55. The molecule has 0 unspecified atom stereocenters. The molecule has 1 amide bonds. The Bertz CT molecular complexity index is 738. The van der Waals surface area contributed by atoms with Crippen molar-refractivity contribution in [3.05, 3.63) is 53.8 Å². The molecule has 0 N–H and O–H groups in total. The second kappa shape index (κ2) is 7.57. The zero-order valence-electron chi connectivity index (χ0n) is 13.3. The molecule has 0 saturated heterocycles. The molecule has 0 saturated carbocycles. The Balaban J connectivity index is 1.57. The summed E-state index contributed by atoms with van der Waals surface area (Å²) in [4.78, 5) is 14.4. The Hall–Kier alpha value is -2.21. The number of fused-ring (bicyclic) bond motifs is 1. The van der Waals surface area contributed by atoms with Gasteiger partial charge in [0, 0.05) is 18.5 Å². The van der Waals surface area contributed by atoms with Crippen molar-refractivity contribution in [2.24, 2.45) is 0 Å². The van der Waals surface area contributed by atoms with E-state index in [-0.39, 0.29) is 17.5 Å². The number of nitrogens with zero attached hydrogens (tertiary/aromatic N) is 1. The van der Waals surface area contributed by atoms with Gasteiger partial charge in [-0.05, 0) is 29.8 Å². The third-order valence-electron chi connectivity index (χ3n) is 3.64. The van der Waals surface area contributed by atoms with Gasteiger partial charge < -0.3 is 14.4 Å². The average molecular weight is 347 g/mol. The number of halogens is 1. The Morgan fingerprint density at radius 1 is 1.17 bits per heavy atom. The van der Waals surface area contributed by atoms with Gasteiger partial charge in [-0.15, -0.1) is 11.8 Å². The third-order valence-corrected chi connectivity index (χ3v) is 4.67. The number of carbonyl (C=O) groups is 1. The summed E-state index contributed by atoms with van der Waals surface area (Å²) in [6.07, 6.45) is 0. The van der Waals surface area contributed by atoms with Crippen molar-refractivity contribution in [2.45, 2.75) is 11.4 Å². The lowest BCUT2D eigenvalue weighted by Gasteiger charge is -2.21. The second-order valence-corrected chi connectivity index (χ2v) is 6.46. The fourth-order valence-electron chi connectivity index (χ4n) is 2.36. The quantitative estimate of drug-likeness (QED) is 0.778. The molecule has 2 aromatic carbocycles. The second-order valence-electron chi connectivity index (χ2n) is 5.45. The van der Waals surface area contributed by atoms with Gasteiger partial charge in [-0.3, -0.25) is 4.79 Å². The van der Waals surface area contributed by atoms with Crippen LogP contribution in [0, 0.1) is 5.82 Å². The summed E-state index contributed by atoms with van der Waals surface area (Å²) in [6, 6.07) is 12.1. The minimum atomic E-state index is -0.301. The van der Waals surface area contributed by atoms with E-state index in [0.717, 1.165) is 11.3 Å². The summed E-state index contributed by atoms with van der Waals surface area (Å²) in [5, 5.41) is 0. The van der Waals surface area contributed by atoms with Crippen molar-refractivity contribution in [2.75, 3.05) is 26.0 Å². The van der Waals surface area contributed by atoms with E-state index < -0.39 is 0 Å². The van der Waals surface area contributed by atoms with E-state index in [1.807, 2.05) is 18.2 Å². The number of amides is 1. The molecule has 1 heterocycles. The van der Waals surface area contributed by atoms with Gasteiger partial charge in [0.15, 0.2) is 11.5 Å². The third kappa shape index (κ3) is 4.00. The van der Waals surface area contributed by atoms with Crippen LogP contribution in [-0.4, -0.2) is 36.8 Å². The fourth-order valence-corrected chi connectivity index (χ4v) is 3.24. The molecule has 6 heteroatoms. The van der Waals surface area contributed by atoms with E-state index >= 15 is 0 Å². The Morgan fingerprint density at radius 2 is 1.92 bits per heavy atom. The Kier molecular flexibility index (Phi) is 5.25. The van der Waals surface area contributed by atoms with Gasteiger partial charge in [0.25, 0.3) is 0 Å². The van der Waals surface area contributed by atoms with Crippen LogP contribution in [0.5, 0.6) is 11.5 Å². The molecule has 2 aromatic rings. The minimum absolute atomic E-state index is 0.0573. The van der Waals surface area contributed by atoms with Crippen LogP contribution < -0.4 is 9.47 Å². The highest BCUT2D eigenvalue weighted by atomic mass is 32.2. The molecule has 0 fully saturated rings. The zero-order valence-corrected chi connectivity index (χ0v) is 14.1. The van der Waals surface area contributed by atoms with E-state index in [9.17, 15) is 9.18 Å². The monoisotopic (exact) mass is 347 g/mol. The number of ether oxygens (including phenoxy) is 2. The Labute approximate surface area is 144 Å². The van der Waals surface area contributed by atoms with Crippen molar-refractivity contribution in [3.63, 3.8) is 0 Å². The van der Waals surface area contributed by atoms with Crippen LogP contribution in [0.3, 0.4) is 0 Å². The number of hydrogen-bond acceptors (Lipinski definition) is 4. The molecule has 0 atom stereocenters. The lowest BCUT2D eigenvalue weighted by molar-refractivity contribution is -0.127. The van der Waals surface area contributed by atoms with E-state index in [1.54, 1.807) is 30.1 Å². The Morgan fingerprint density at radius 3 is 2.71 bits per heavy atom. The molecule has 0 aromatic heterocycles. The molecular weight excluding hydrogens is 329 g/mol. The molecule has 1 aliphatic heterocycles. The molecule has 4 nitrogen and oxygen atoms in total. The lowest BCUT2D eigenvalue weighted by atomic mass is 10.2. The van der Waals surface area contributed by atoms with Crippen LogP contribution in [0.25, 0.3) is 0 Å². The van der Waals surface area contributed by atoms with Crippen molar-refractivity contribution >= 4 is 17.7 Å². The van der Waals surface area contributed by atoms with E-state index in [0.29, 0.717) is 30.4 Å². The maximum absolute atomic E-state index is 13.6. The van der Waals surface area contributed by atoms with Crippen LogP contribution in [0.4, 0.5) is 4.39 Å². The fraction of sp³-hybridized carbons (Fsp3) is 0.278. The van der Waals surface area contributed by atoms with Gasteiger partial charge in [-0.2, -0.15) is 0 Å². The van der Waals surface area contributed by atoms with Gasteiger partial charge in [0.1, 0.15) is 19.0 Å². The molecule has 0 aliphatic carbocycles. The maximum atomic E-state index is 13.6. The van der Waals surface area contributed by atoms with Crippen LogP contribution >= 0.6 is 11.8 Å². The van der Waals surface area contributed by atoms with E-state index in [1.165, 1.54) is 17.8 Å². The first kappa shape index (κ1) is 16.6. The molecule has 24 heavy (non-hydrogen) atoms. The first-order chi connectivity index (χ1) is 11.6. The summed E-state index contributed by atoms with van der Waals surface area (Å²) >= 11 is 1.21. The van der Waals surface area contributed by atoms with E-state index in [2.05, 4.69) is 0 Å². The van der Waals surface area contributed by atoms with Crippen LogP contribution in [-0.2, 0) is 11.3 Å². The van der Waals surface area contributed by atoms with Gasteiger partial charge in [-0.1, -0.05) is 18.2 Å². The maximum Gasteiger partial charge on any atom is 0.232 e. The summed E-state index contributed by atoms with van der Waals surface area (Å²) in [7, 11) is 1.74. The number of carbonyl (C=O) groups excluding carboxylic acids is 1. The molecular formula is C18H18FNO3S. The van der Waals surface area contributed by atoms with E-state index in [4.69, 9.17) is 9.47 Å². The highest BCUT2D eigenvalue weighted by Gasteiger charge is 2.15. The predicted molar refractivity (Wildman–Crippen MR) is 91.0 cm³/mol. The van der Waals surface area contributed by atoms with Crippen molar-refractivity contribution in [1.29, 1.82) is 0 Å². The van der Waals surface area contributed by atoms with Crippen molar-refractivity contribution < 1.29 is 18.7 Å². The molecule has 1 aliphatic rings. The number of thioether (sulfide) groups is 1. The van der Waals surface area contributed by atoms with Crippen molar-refractivity contribution in [1.82, 2.24) is 4.90 Å². The highest BCUT2D eigenvalue weighted by molar-refractivity contribution is 8.00. The predicted octanol–water partition coefficient (Wildman–Crippen LogP) is 3.35. The zero-order chi connectivity index (χ0) is 16.9. The first-order valence-corrected chi connectivity index (χ1v) is 8.62. The highest BCUT2D eigenvalue weighted by Crippen LogP contribution is 2.31. The number of rotatable bonds is 5. The largest absolute Gasteiger partial charge is 0.486 e. The minimum Gasteiger partial charge on any atom is -0.486 e. The molecule has 126 valence electrons. The smallest absolute Gasteiger partial charge is 0.232 e. The number of benzene rings is 2. The topological polar surface area (TPSA) is 38.8 Å². The van der Waals surface area contributed by atoms with Crippen LogP contribution in [0.1, 0.15) is 5.56 Å². The van der Waals surface area contributed by atoms with Gasteiger partial charge in [0.2, 0.25) is 5.91 Å². The average Bonchev–Trinajstić information content (AvgIpc) is 2.60. The normalized spacial score (nSPS) is 12.8. The summed E-state index contributed by atoms with van der Waals surface area (Å²) in [5.41, 5.74) is 0.964. The first-order valence-electron chi connectivity index (χ1n) is 7.63. The summed E-state index contributed by atoms with van der Waals surface area (Å²) < 4.78 is 24.6. The van der Waals surface area contributed by atoms with Gasteiger partial charge in [0.05, 0.1) is 5.75 Å². The SMILES string of the molecule is CN(Cc1ccc2c(c1)OCCO2)C(=O)CSc1ccccc1F. The molecule has 0 bridgehead atoms. The van der Waals surface area contributed by atoms with Crippen molar-refractivity contribution in [3.8, 4) is 11.5 Å². The number of hydrogen-bond donors (Lipinski definition) is 0. The molecule has 0 spiro atoms. The molecule has 0 radical (unpaired) electrons. The van der Waals surface area contributed by atoms with Gasteiger partial charge in [-0.25, -0.2) is 4.39 Å². The molecule has 3 rings (SSSR count). The van der Waals surface area contributed by atoms with Crippen LogP contribution in [0.2, 0.25) is 0 Å².